The van der Waals surface area contributed by atoms with Crippen LogP contribution in [0.25, 0.3) is 0 Å². The van der Waals surface area contributed by atoms with Gasteiger partial charge in [0.25, 0.3) is 11.6 Å². The first kappa shape index (κ1) is 15.3. The summed E-state index contributed by atoms with van der Waals surface area (Å²) in [6.45, 7) is 2.59. The Morgan fingerprint density at radius 1 is 1.16 bits per heavy atom. The number of fused-ring (bicyclic) bond motifs is 2. The average molecular weight is 341 g/mol. The molecule has 0 saturated heterocycles. The summed E-state index contributed by atoms with van der Waals surface area (Å²) in [7, 11) is 0. The zero-order chi connectivity index (χ0) is 17.6. The second-order valence-electron chi connectivity index (χ2n) is 5.86. The van der Waals surface area contributed by atoms with E-state index in [0.29, 0.717) is 41.5 Å². The average Bonchev–Trinajstić information content (AvgIpc) is 2.61. The molecule has 0 aromatic heterocycles. The highest BCUT2D eigenvalue weighted by Crippen LogP contribution is 2.40. The minimum atomic E-state index is -0.739. The molecule has 0 saturated carbocycles. The number of anilines is 1. The fraction of sp³-hybridized carbons (Fsp3) is 0.235. The number of nitrogens with zero attached hydrogens (tertiary/aromatic N) is 1. The molecule has 0 spiro atoms. The number of nitro benzene ring substituents is 1. The summed E-state index contributed by atoms with van der Waals surface area (Å²) in [5, 5.41) is 17.5. The van der Waals surface area contributed by atoms with Crippen molar-refractivity contribution in [1.29, 1.82) is 0 Å². The van der Waals surface area contributed by atoms with E-state index in [9.17, 15) is 14.9 Å². The molecule has 0 radical (unpaired) electrons. The van der Waals surface area contributed by atoms with Crippen molar-refractivity contribution < 1.29 is 19.2 Å². The van der Waals surface area contributed by atoms with Gasteiger partial charge in [0.1, 0.15) is 19.4 Å². The number of aryl methyl sites for hydroxylation is 1. The molecule has 0 aliphatic carbocycles. The quantitative estimate of drug-likeness (QED) is 0.643. The van der Waals surface area contributed by atoms with E-state index in [-0.39, 0.29) is 11.6 Å². The number of hydrogen-bond acceptors (Lipinski definition) is 6. The number of carbonyl (C=O) groups excluding carboxylic acids is 1. The normalized spacial score (nSPS) is 18.0. The van der Waals surface area contributed by atoms with Gasteiger partial charge in [-0.15, -0.1) is 0 Å². The van der Waals surface area contributed by atoms with Gasteiger partial charge in [0.2, 0.25) is 0 Å². The van der Waals surface area contributed by atoms with E-state index in [4.69, 9.17) is 9.47 Å². The van der Waals surface area contributed by atoms with E-state index in [1.165, 1.54) is 6.07 Å². The lowest BCUT2D eigenvalue weighted by Gasteiger charge is -2.30. The maximum atomic E-state index is 12.4. The summed E-state index contributed by atoms with van der Waals surface area (Å²) in [5.41, 5.74) is 2.24. The molecule has 8 nitrogen and oxygen atoms in total. The predicted molar refractivity (Wildman–Crippen MR) is 89.1 cm³/mol. The van der Waals surface area contributed by atoms with E-state index >= 15 is 0 Å². The SMILES string of the molecule is Cc1cccc2c1N[C@@H](c1cc3c(cc1[N+](=O)[O-])OCCO3)NC2=O. The molecule has 2 aromatic carbocycles. The first-order valence-electron chi connectivity index (χ1n) is 7.79. The molecule has 4 rings (SSSR count). The second-order valence-corrected chi connectivity index (χ2v) is 5.86. The van der Waals surface area contributed by atoms with Gasteiger partial charge in [-0.2, -0.15) is 0 Å². The number of benzene rings is 2. The van der Waals surface area contributed by atoms with Crippen molar-refractivity contribution in [3.05, 3.63) is 57.1 Å². The minimum absolute atomic E-state index is 0.140. The van der Waals surface area contributed by atoms with E-state index in [1.54, 1.807) is 18.2 Å². The van der Waals surface area contributed by atoms with Gasteiger partial charge in [-0.25, -0.2) is 0 Å². The first-order valence-corrected chi connectivity index (χ1v) is 7.79. The van der Waals surface area contributed by atoms with Crippen LogP contribution in [0.5, 0.6) is 11.5 Å². The number of hydrogen-bond donors (Lipinski definition) is 2. The maximum Gasteiger partial charge on any atom is 0.280 e. The summed E-state index contributed by atoms with van der Waals surface area (Å²) in [5.74, 6) is 0.477. The summed E-state index contributed by atoms with van der Waals surface area (Å²) >= 11 is 0. The number of amides is 1. The van der Waals surface area contributed by atoms with Crippen LogP contribution in [0.2, 0.25) is 0 Å². The van der Waals surface area contributed by atoms with E-state index in [1.807, 2.05) is 13.0 Å². The number of para-hydroxylation sites is 1. The van der Waals surface area contributed by atoms with Gasteiger partial charge < -0.3 is 20.1 Å². The highest BCUT2D eigenvalue weighted by Gasteiger charge is 2.32. The fourth-order valence-corrected chi connectivity index (χ4v) is 3.08. The molecule has 8 heteroatoms. The molecule has 1 amide bonds. The second kappa shape index (κ2) is 5.66. The third kappa shape index (κ3) is 2.51. The Morgan fingerprint density at radius 2 is 1.88 bits per heavy atom. The third-order valence-electron chi connectivity index (χ3n) is 4.28. The van der Waals surface area contributed by atoms with Gasteiger partial charge in [0.05, 0.1) is 27.8 Å². The molecule has 2 aliphatic rings. The van der Waals surface area contributed by atoms with Crippen LogP contribution in [0.4, 0.5) is 11.4 Å². The molecule has 25 heavy (non-hydrogen) atoms. The van der Waals surface area contributed by atoms with Crippen LogP contribution in [0, 0.1) is 17.0 Å². The van der Waals surface area contributed by atoms with Crippen molar-refractivity contribution in [2.45, 2.75) is 13.1 Å². The van der Waals surface area contributed by atoms with Gasteiger partial charge in [0, 0.05) is 0 Å². The summed E-state index contributed by atoms with van der Waals surface area (Å²) in [6.07, 6.45) is -0.739. The number of rotatable bonds is 2. The smallest absolute Gasteiger partial charge is 0.280 e. The minimum Gasteiger partial charge on any atom is -0.486 e. The Balaban J connectivity index is 1.81. The highest BCUT2D eigenvalue weighted by molar-refractivity contribution is 6.02. The molecule has 0 fully saturated rings. The van der Waals surface area contributed by atoms with Crippen molar-refractivity contribution in [2.75, 3.05) is 18.5 Å². The molecule has 1 atom stereocenters. The monoisotopic (exact) mass is 341 g/mol. The topological polar surface area (TPSA) is 103 Å². The van der Waals surface area contributed by atoms with Crippen LogP contribution in [0.3, 0.4) is 0 Å². The highest BCUT2D eigenvalue weighted by atomic mass is 16.6. The van der Waals surface area contributed by atoms with E-state index < -0.39 is 11.1 Å². The zero-order valence-corrected chi connectivity index (χ0v) is 13.4. The Labute approximate surface area is 142 Å². The maximum absolute atomic E-state index is 12.4. The lowest BCUT2D eigenvalue weighted by atomic mass is 10.0. The molecule has 2 N–H and O–H groups in total. The van der Waals surface area contributed by atoms with E-state index in [0.717, 1.165) is 5.56 Å². The molecule has 2 aliphatic heterocycles. The number of carbonyl (C=O) groups is 1. The third-order valence-corrected chi connectivity index (χ3v) is 4.28. The molecular weight excluding hydrogens is 326 g/mol. The van der Waals surface area contributed by atoms with Gasteiger partial charge in [-0.05, 0) is 24.6 Å². The van der Waals surface area contributed by atoms with Crippen LogP contribution in [0.1, 0.15) is 27.7 Å². The van der Waals surface area contributed by atoms with Crippen molar-refractivity contribution in [3.8, 4) is 11.5 Å². The Hall–Kier alpha value is -3.29. The summed E-state index contributed by atoms with van der Waals surface area (Å²) in [4.78, 5) is 23.4. The van der Waals surface area contributed by atoms with E-state index in [2.05, 4.69) is 10.6 Å². The molecular formula is C17H15N3O5. The summed E-state index contributed by atoms with van der Waals surface area (Å²) < 4.78 is 10.9. The van der Waals surface area contributed by atoms with Crippen molar-refractivity contribution in [2.24, 2.45) is 0 Å². The first-order chi connectivity index (χ1) is 12.0. The fourth-order valence-electron chi connectivity index (χ4n) is 3.08. The molecule has 2 aromatic rings. The Kier molecular flexibility index (Phi) is 3.45. The van der Waals surface area contributed by atoms with Crippen molar-refractivity contribution in [1.82, 2.24) is 5.32 Å². The van der Waals surface area contributed by atoms with Gasteiger partial charge in [-0.1, -0.05) is 12.1 Å². The molecule has 2 heterocycles. The molecule has 0 unspecified atom stereocenters. The lowest BCUT2D eigenvalue weighted by molar-refractivity contribution is -0.385. The Morgan fingerprint density at radius 3 is 2.60 bits per heavy atom. The van der Waals surface area contributed by atoms with Crippen LogP contribution in [-0.4, -0.2) is 24.0 Å². The number of ether oxygens (including phenoxy) is 2. The van der Waals surface area contributed by atoms with Gasteiger partial charge >= 0.3 is 0 Å². The van der Waals surface area contributed by atoms with Gasteiger partial charge in [0.15, 0.2) is 11.5 Å². The zero-order valence-electron chi connectivity index (χ0n) is 13.4. The van der Waals surface area contributed by atoms with Crippen LogP contribution < -0.4 is 20.1 Å². The van der Waals surface area contributed by atoms with Crippen LogP contribution >= 0.6 is 0 Å². The largest absolute Gasteiger partial charge is 0.486 e. The van der Waals surface area contributed by atoms with Crippen molar-refractivity contribution >= 4 is 17.3 Å². The number of nitrogens with one attached hydrogen (secondary N) is 2. The van der Waals surface area contributed by atoms with Crippen LogP contribution in [0.15, 0.2) is 30.3 Å². The summed E-state index contributed by atoms with van der Waals surface area (Å²) in [6, 6.07) is 8.26. The number of nitro groups is 1. The lowest BCUT2D eigenvalue weighted by Crippen LogP contribution is -2.39. The molecule has 0 bridgehead atoms. The van der Waals surface area contributed by atoms with Gasteiger partial charge in [-0.3, -0.25) is 14.9 Å². The Bertz CT molecular complexity index is 896. The van der Waals surface area contributed by atoms with Crippen molar-refractivity contribution in [3.63, 3.8) is 0 Å². The predicted octanol–water partition coefficient (Wildman–Crippen LogP) is 2.53. The molecule has 128 valence electrons. The van der Waals surface area contributed by atoms with Crippen LogP contribution in [-0.2, 0) is 0 Å². The standard InChI is InChI=1S/C17H15N3O5/c1-9-3-2-4-10-15(9)18-16(19-17(10)21)11-7-13-14(25-6-5-24-13)8-12(11)20(22)23/h2-4,7-8,16,18H,5-6H2,1H3,(H,19,21)/t16-/m1/s1.